The van der Waals surface area contributed by atoms with Gasteiger partial charge in [0.2, 0.25) is 0 Å². The normalized spacial score (nSPS) is 21.5. The predicted octanol–water partition coefficient (Wildman–Crippen LogP) is 3.03. The molecule has 176 valence electrons. The largest absolute Gasteiger partial charge is 0.355 e. The van der Waals surface area contributed by atoms with Crippen molar-refractivity contribution in [1.29, 1.82) is 0 Å². The first-order valence-corrected chi connectivity index (χ1v) is 12.1. The zero-order valence-electron chi connectivity index (χ0n) is 20.0. The number of rotatable bonds is 4. The van der Waals surface area contributed by atoms with Gasteiger partial charge >= 0.3 is 0 Å². The molecular weight excluding hydrogens is 416 g/mol. The smallest absolute Gasteiger partial charge is 0.272 e. The number of nitrogens with two attached hydrogens (primary N) is 1. The average molecular weight is 451 g/mol. The molecule has 1 amide bonds. The number of fused-ring (bicyclic) bond motifs is 1. The number of amides is 1. The molecule has 0 aliphatic carbocycles. The molecule has 2 saturated heterocycles. The standard InChI is InChI=1S/C24H34N8O/c1-15(2)32-22(16(3)12-26-32)24(33)30-9-6-5-7-20(30)19-11-21-27-23(17(4)13-31(21)28-19)29-10-8-18(25)14-29/h11-13,15,18,20H,5-10,14,25H2,1-4H3/t18-,20-/m0/s1. The zero-order valence-corrected chi connectivity index (χ0v) is 20.0. The lowest BCUT2D eigenvalue weighted by molar-refractivity contribution is 0.0590. The minimum atomic E-state index is -0.0631. The van der Waals surface area contributed by atoms with Crippen molar-refractivity contribution in [2.24, 2.45) is 5.73 Å². The van der Waals surface area contributed by atoms with E-state index in [0.29, 0.717) is 5.69 Å². The van der Waals surface area contributed by atoms with Gasteiger partial charge in [0.25, 0.3) is 5.91 Å². The number of hydrogen-bond donors (Lipinski definition) is 1. The number of hydrogen-bond acceptors (Lipinski definition) is 6. The third-order valence-electron chi connectivity index (χ3n) is 6.92. The Hall–Kier alpha value is -2.94. The quantitative estimate of drug-likeness (QED) is 0.656. The summed E-state index contributed by atoms with van der Waals surface area (Å²) in [5, 5.41) is 9.32. The van der Waals surface area contributed by atoms with E-state index in [1.165, 1.54) is 0 Å². The van der Waals surface area contributed by atoms with Crippen molar-refractivity contribution in [3.05, 3.63) is 41.0 Å². The van der Waals surface area contributed by atoms with E-state index in [-0.39, 0.29) is 24.0 Å². The molecule has 9 nitrogen and oxygen atoms in total. The third kappa shape index (κ3) is 3.88. The van der Waals surface area contributed by atoms with Crippen molar-refractivity contribution in [1.82, 2.24) is 29.3 Å². The summed E-state index contributed by atoms with van der Waals surface area (Å²) >= 11 is 0. The van der Waals surface area contributed by atoms with Crippen molar-refractivity contribution in [3.8, 4) is 0 Å². The number of piperidine rings is 1. The number of aryl methyl sites for hydroxylation is 2. The number of nitrogens with zero attached hydrogens (tertiary/aromatic N) is 7. The highest BCUT2D eigenvalue weighted by molar-refractivity contribution is 5.94. The number of carbonyl (C=O) groups excluding carboxylic acids is 1. The van der Waals surface area contributed by atoms with Crippen LogP contribution in [0.2, 0.25) is 0 Å². The van der Waals surface area contributed by atoms with Crippen LogP contribution in [0.4, 0.5) is 5.82 Å². The second-order valence-electron chi connectivity index (χ2n) is 9.84. The second-order valence-corrected chi connectivity index (χ2v) is 9.84. The lowest BCUT2D eigenvalue weighted by atomic mass is 9.98. The van der Waals surface area contributed by atoms with Crippen LogP contribution in [0.3, 0.4) is 0 Å². The van der Waals surface area contributed by atoms with Crippen molar-refractivity contribution in [2.45, 2.75) is 71.5 Å². The van der Waals surface area contributed by atoms with Crippen LogP contribution in [-0.2, 0) is 0 Å². The molecule has 0 saturated carbocycles. The van der Waals surface area contributed by atoms with Crippen molar-refractivity contribution in [3.63, 3.8) is 0 Å². The maximum absolute atomic E-state index is 13.7. The van der Waals surface area contributed by atoms with E-state index in [1.54, 1.807) is 6.20 Å². The highest BCUT2D eigenvalue weighted by Crippen LogP contribution is 2.33. The molecule has 0 spiro atoms. The maximum atomic E-state index is 13.7. The van der Waals surface area contributed by atoms with Crippen molar-refractivity contribution in [2.75, 3.05) is 24.5 Å². The molecule has 0 aromatic carbocycles. The Morgan fingerprint density at radius 2 is 1.97 bits per heavy atom. The number of anilines is 1. The first-order chi connectivity index (χ1) is 15.8. The molecule has 33 heavy (non-hydrogen) atoms. The molecule has 3 aromatic heterocycles. The molecule has 5 rings (SSSR count). The fourth-order valence-corrected chi connectivity index (χ4v) is 5.21. The Morgan fingerprint density at radius 1 is 1.15 bits per heavy atom. The summed E-state index contributed by atoms with van der Waals surface area (Å²) < 4.78 is 3.69. The summed E-state index contributed by atoms with van der Waals surface area (Å²) in [6.07, 6.45) is 7.79. The van der Waals surface area contributed by atoms with Crippen LogP contribution in [-0.4, -0.2) is 60.9 Å². The molecule has 0 radical (unpaired) electrons. The number of likely N-dealkylation sites (tertiary alicyclic amines) is 1. The highest BCUT2D eigenvalue weighted by Gasteiger charge is 2.33. The fourth-order valence-electron chi connectivity index (χ4n) is 5.21. The van der Waals surface area contributed by atoms with Crippen LogP contribution in [0.5, 0.6) is 0 Å². The minimum absolute atomic E-state index is 0.0383. The Bertz CT molecular complexity index is 1180. The highest BCUT2D eigenvalue weighted by atomic mass is 16.2. The lowest BCUT2D eigenvalue weighted by Crippen LogP contribution is -2.40. The van der Waals surface area contributed by atoms with Gasteiger partial charge in [0.15, 0.2) is 5.65 Å². The molecule has 2 atom stereocenters. The Balaban J connectivity index is 1.49. The molecule has 3 aromatic rings. The fraction of sp³-hybridized carbons (Fsp3) is 0.583. The van der Waals surface area contributed by atoms with E-state index >= 15 is 0 Å². The van der Waals surface area contributed by atoms with Crippen LogP contribution < -0.4 is 10.6 Å². The maximum Gasteiger partial charge on any atom is 0.272 e. The minimum Gasteiger partial charge on any atom is -0.355 e. The molecule has 2 N–H and O–H groups in total. The van der Waals surface area contributed by atoms with Gasteiger partial charge in [0, 0.05) is 55.1 Å². The molecule has 9 heteroatoms. The molecule has 0 bridgehead atoms. The summed E-state index contributed by atoms with van der Waals surface area (Å²) in [7, 11) is 0. The Labute approximate surface area is 194 Å². The van der Waals surface area contributed by atoms with Gasteiger partial charge in [-0.25, -0.2) is 9.50 Å². The van der Waals surface area contributed by atoms with Gasteiger partial charge in [-0.3, -0.25) is 9.48 Å². The van der Waals surface area contributed by atoms with Crippen LogP contribution in [0.1, 0.15) is 78.9 Å². The monoisotopic (exact) mass is 450 g/mol. The van der Waals surface area contributed by atoms with E-state index < -0.39 is 0 Å². The molecule has 5 heterocycles. The van der Waals surface area contributed by atoms with E-state index in [1.807, 2.05) is 33.3 Å². The molecule has 2 aliphatic heterocycles. The zero-order chi connectivity index (χ0) is 23.3. The van der Waals surface area contributed by atoms with Gasteiger partial charge in [0.1, 0.15) is 11.5 Å². The van der Waals surface area contributed by atoms with Crippen molar-refractivity contribution >= 4 is 17.4 Å². The van der Waals surface area contributed by atoms with Gasteiger partial charge in [-0.1, -0.05) is 0 Å². The Kier molecular flexibility index (Phi) is 5.60. The summed E-state index contributed by atoms with van der Waals surface area (Å²) in [5.74, 6) is 1.02. The SMILES string of the molecule is Cc1cn2nc([C@@H]3CCCCN3C(=O)c3c(C)cnn3C(C)C)cc2nc1N1CC[C@H](N)C1. The predicted molar refractivity (Wildman–Crippen MR) is 128 cm³/mol. The number of carbonyl (C=O) groups is 1. The van der Waals surface area contributed by atoms with E-state index in [9.17, 15) is 4.79 Å². The van der Waals surface area contributed by atoms with Gasteiger partial charge in [-0.2, -0.15) is 10.2 Å². The summed E-state index contributed by atoms with van der Waals surface area (Å²) in [5.41, 5.74) is 10.5. The second kappa shape index (κ2) is 8.44. The van der Waals surface area contributed by atoms with E-state index in [2.05, 4.69) is 30.8 Å². The van der Waals surface area contributed by atoms with Gasteiger partial charge < -0.3 is 15.5 Å². The van der Waals surface area contributed by atoms with Crippen molar-refractivity contribution < 1.29 is 4.79 Å². The van der Waals surface area contributed by atoms with Gasteiger partial charge in [-0.15, -0.1) is 0 Å². The first-order valence-electron chi connectivity index (χ1n) is 12.1. The van der Waals surface area contributed by atoms with Gasteiger partial charge in [-0.05, 0) is 53.4 Å². The summed E-state index contributed by atoms with van der Waals surface area (Å²) in [6.45, 7) is 10.6. The Morgan fingerprint density at radius 3 is 2.70 bits per heavy atom. The van der Waals surface area contributed by atoms with Crippen LogP contribution in [0.25, 0.3) is 5.65 Å². The van der Waals surface area contributed by atoms with Crippen LogP contribution in [0.15, 0.2) is 18.5 Å². The lowest BCUT2D eigenvalue weighted by Gasteiger charge is -2.35. The molecular formula is C24H34N8O. The first kappa shape index (κ1) is 21.9. The van der Waals surface area contributed by atoms with Gasteiger partial charge in [0.05, 0.1) is 17.9 Å². The molecule has 2 fully saturated rings. The molecule has 0 unspecified atom stereocenters. The third-order valence-corrected chi connectivity index (χ3v) is 6.92. The van der Waals surface area contributed by atoms with E-state index in [4.69, 9.17) is 15.8 Å². The summed E-state index contributed by atoms with van der Waals surface area (Å²) in [4.78, 5) is 22.9. The number of aromatic nitrogens is 5. The van der Waals surface area contributed by atoms with E-state index in [0.717, 1.165) is 73.6 Å². The molecule has 2 aliphatic rings. The van der Waals surface area contributed by atoms with Crippen LogP contribution in [0, 0.1) is 13.8 Å². The van der Waals surface area contributed by atoms with Crippen LogP contribution >= 0.6 is 0 Å². The topological polar surface area (TPSA) is 97.6 Å². The average Bonchev–Trinajstić information content (AvgIpc) is 3.50. The summed E-state index contributed by atoms with van der Waals surface area (Å²) in [6, 6.07) is 2.31.